The number of ether oxygens (including phenoxy) is 2. The second-order valence-corrected chi connectivity index (χ2v) is 9.44. The monoisotopic (exact) mass is 477 g/mol. The Morgan fingerprint density at radius 2 is 1.85 bits per heavy atom. The summed E-state index contributed by atoms with van der Waals surface area (Å²) in [5, 5.41) is 24.7. The van der Waals surface area contributed by atoms with E-state index in [0.717, 1.165) is 18.4 Å². The van der Waals surface area contributed by atoms with Crippen LogP contribution in [-0.2, 0) is 27.5 Å². The first kappa shape index (κ1) is 24.1. The van der Waals surface area contributed by atoms with E-state index in [0.29, 0.717) is 23.0 Å². The molecule has 0 spiro atoms. The highest BCUT2D eigenvalue weighted by molar-refractivity contribution is 6.30. The van der Waals surface area contributed by atoms with Gasteiger partial charge in [0.1, 0.15) is 11.9 Å². The van der Waals surface area contributed by atoms with Crippen molar-refractivity contribution in [3.05, 3.63) is 70.5 Å². The zero-order chi connectivity index (χ0) is 23.4. The SMILES string of the molecule is O=C(NCC1CC1)[C@@]1(OCc2ccc(F)cc2)CC(OCc2cccc(Cl)c2)[C@H](O)[C@H](O)C1. The van der Waals surface area contributed by atoms with Crippen LogP contribution in [0.15, 0.2) is 48.5 Å². The maximum absolute atomic E-state index is 13.3. The Hall–Kier alpha value is -2.03. The number of benzene rings is 2. The van der Waals surface area contributed by atoms with Gasteiger partial charge in [-0.2, -0.15) is 0 Å². The first-order chi connectivity index (χ1) is 15.8. The van der Waals surface area contributed by atoms with Gasteiger partial charge < -0.3 is 25.0 Å². The molecule has 1 unspecified atom stereocenters. The number of nitrogens with one attached hydrogen (secondary N) is 1. The van der Waals surface area contributed by atoms with Crippen molar-refractivity contribution in [3.63, 3.8) is 0 Å². The van der Waals surface area contributed by atoms with E-state index in [1.165, 1.54) is 12.1 Å². The normalized spacial score (nSPS) is 27.3. The third-order valence-corrected chi connectivity index (χ3v) is 6.52. The second kappa shape index (κ2) is 10.5. The molecule has 0 aromatic heterocycles. The van der Waals surface area contributed by atoms with E-state index in [2.05, 4.69) is 5.32 Å². The molecule has 2 aromatic carbocycles. The summed E-state index contributed by atoms with van der Waals surface area (Å²) >= 11 is 6.04. The molecule has 2 fully saturated rings. The number of halogens is 2. The van der Waals surface area contributed by atoms with Gasteiger partial charge in [0.15, 0.2) is 5.60 Å². The molecule has 8 heteroatoms. The highest BCUT2D eigenvalue weighted by Gasteiger charge is 2.51. The number of aliphatic hydroxyl groups is 2. The third-order valence-electron chi connectivity index (χ3n) is 6.29. The average Bonchev–Trinajstić information content (AvgIpc) is 3.63. The molecule has 2 aromatic rings. The van der Waals surface area contributed by atoms with Gasteiger partial charge in [-0.25, -0.2) is 4.39 Å². The van der Waals surface area contributed by atoms with E-state index in [1.54, 1.807) is 30.3 Å². The van der Waals surface area contributed by atoms with Gasteiger partial charge in [-0.05, 0) is 54.2 Å². The van der Waals surface area contributed by atoms with Crippen molar-refractivity contribution < 1.29 is 28.9 Å². The van der Waals surface area contributed by atoms with Gasteiger partial charge in [0.2, 0.25) is 0 Å². The van der Waals surface area contributed by atoms with Gasteiger partial charge >= 0.3 is 0 Å². The second-order valence-electron chi connectivity index (χ2n) is 9.01. The Labute approximate surface area is 197 Å². The van der Waals surface area contributed by atoms with Crippen molar-refractivity contribution in [2.45, 2.75) is 62.8 Å². The van der Waals surface area contributed by atoms with Crippen LogP contribution in [0.2, 0.25) is 5.02 Å². The number of amides is 1. The number of hydrogen-bond donors (Lipinski definition) is 3. The van der Waals surface area contributed by atoms with Crippen molar-refractivity contribution in [1.82, 2.24) is 5.32 Å². The minimum Gasteiger partial charge on any atom is -0.390 e. The van der Waals surface area contributed by atoms with E-state index in [-0.39, 0.29) is 37.8 Å². The zero-order valence-corrected chi connectivity index (χ0v) is 19.0. The van der Waals surface area contributed by atoms with Crippen molar-refractivity contribution in [2.24, 2.45) is 5.92 Å². The summed E-state index contributed by atoms with van der Waals surface area (Å²) < 4.78 is 25.3. The summed E-state index contributed by atoms with van der Waals surface area (Å²) in [6, 6.07) is 13.0. The van der Waals surface area contributed by atoms with Gasteiger partial charge in [0.25, 0.3) is 5.91 Å². The lowest BCUT2D eigenvalue weighted by molar-refractivity contribution is -0.200. The molecular weight excluding hydrogens is 449 g/mol. The van der Waals surface area contributed by atoms with Crippen LogP contribution in [0.4, 0.5) is 4.39 Å². The molecule has 178 valence electrons. The maximum atomic E-state index is 13.3. The average molecular weight is 478 g/mol. The Bertz CT molecular complexity index is 954. The van der Waals surface area contributed by atoms with Crippen molar-refractivity contribution in [3.8, 4) is 0 Å². The molecule has 2 aliphatic carbocycles. The molecule has 4 atom stereocenters. The molecule has 3 N–H and O–H groups in total. The quantitative estimate of drug-likeness (QED) is 0.515. The van der Waals surface area contributed by atoms with Crippen LogP contribution in [0.1, 0.15) is 36.8 Å². The lowest BCUT2D eigenvalue weighted by Crippen LogP contribution is -2.60. The number of rotatable bonds is 9. The van der Waals surface area contributed by atoms with E-state index < -0.39 is 23.9 Å². The predicted octanol–water partition coefficient (Wildman–Crippen LogP) is 3.36. The summed E-state index contributed by atoms with van der Waals surface area (Å²) in [5.74, 6) is -0.225. The first-order valence-electron chi connectivity index (χ1n) is 11.2. The van der Waals surface area contributed by atoms with E-state index >= 15 is 0 Å². The van der Waals surface area contributed by atoms with Gasteiger partial charge in [0, 0.05) is 24.4 Å². The molecule has 33 heavy (non-hydrogen) atoms. The Kier molecular flexibility index (Phi) is 7.66. The Balaban J connectivity index is 1.50. The maximum Gasteiger partial charge on any atom is 0.252 e. The van der Waals surface area contributed by atoms with Crippen LogP contribution < -0.4 is 5.32 Å². The third kappa shape index (κ3) is 6.31. The van der Waals surface area contributed by atoms with Gasteiger partial charge in [-0.3, -0.25) is 4.79 Å². The van der Waals surface area contributed by atoms with Crippen LogP contribution >= 0.6 is 11.6 Å². The summed E-state index contributed by atoms with van der Waals surface area (Å²) in [6.07, 6.45) is -1.03. The smallest absolute Gasteiger partial charge is 0.252 e. The highest BCUT2D eigenvalue weighted by Crippen LogP contribution is 2.36. The van der Waals surface area contributed by atoms with Crippen LogP contribution in [0.5, 0.6) is 0 Å². The Morgan fingerprint density at radius 3 is 2.55 bits per heavy atom. The lowest BCUT2D eigenvalue weighted by atomic mass is 9.78. The molecule has 2 saturated carbocycles. The highest BCUT2D eigenvalue weighted by atomic mass is 35.5. The molecule has 6 nitrogen and oxygen atoms in total. The van der Waals surface area contributed by atoms with Crippen LogP contribution in [0.25, 0.3) is 0 Å². The minimum absolute atomic E-state index is 0.0565. The van der Waals surface area contributed by atoms with E-state index in [9.17, 15) is 19.4 Å². The molecule has 0 aliphatic heterocycles. The molecule has 0 radical (unpaired) electrons. The summed E-state index contributed by atoms with van der Waals surface area (Å²) in [4.78, 5) is 13.3. The molecule has 0 saturated heterocycles. The van der Waals surface area contributed by atoms with Crippen molar-refractivity contribution in [1.29, 1.82) is 0 Å². The topological polar surface area (TPSA) is 88.0 Å². The van der Waals surface area contributed by atoms with E-state index in [1.807, 2.05) is 6.07 Å². The van der Waals surface area contributed by atoms with Crippen molar-refractivity contribution >= 4 is 17.5 Å². The molecule has 2 aliphatic rings. The fourth-order valence-corrected chi connectivity index (χ4v) is 4.33. The number of carbonyl (C=O) groups excluding carboxylic acids is 1. The molecular formula is C25H29ClFNO5. The van der Waals surface area contributed by atoms with E-state index in [4.69, 9.17) is 21.1 Å². The fraction of sp³-hybridized carbons (Fsp3) is 0.480. The van der Waals surface area contributed by atoms with Crippen molar-refractivity contribution in [2.75, 3.05) is 6.54 Å². The molecule has 1 amide bonds. The van der Waals surface area contributed by atoms with Gasteiger partial charge in [-0.1, -0.05) is 35.9 Å². The van der Waals surface area contributed by atoms with Gasteiger partial charge in [0.05, 0.1) is 25.4 Å². The predicted molar refractivity (Wildman–Crippen MR) is 121 cm³/mol. The minimum atomic E-state index is -1.39. The largest absolute Gasteiger partial charge is 0.390 e. The summed E-state index contributed by atoms with van der Waals surface area (Å²) in [6.45, 7) is 0.765. The zero-order valence-electron chi connectivity index (χ0n) is 18.3. The number of aliphatic hydroxyl groups excluding tert-OH is 2. The molecule has 4 rings (SSSR count). The number of hydrogen-bond acceptors (Lipinski definition) is 5. The summed E-state index contributed by atoms with van der Waals surface area (Å²) in [5.41, 5.74) is 0.120. The molecule has 0 bridgehead atoms. The van der Waals surface area contributed by atoms with Crippen LogP contribution in [0.3, 0.4) is 0 Å². The van der Waals surface area contributed by atoms with Crippen LogP contribution in [-0.4, -0.2) is 46.6 Å². The summed E-state index contributed by atoms with van der Waals surface area (Å²) in [7, 11) is 0. The number of carbonyl (C=O) groups is 1. The van der Waals surface area contributed by atoms with Gasteiger partial charge in [-0.15, -0.1) is 0 Å². The Morgan fingerprint density at radius 1 is 1.09 bits per heavy atom. The molecule has 0 heterocycles. The standard InChI is InChI=1S/C25H29ClFNO5/c26-19-3-1-2-18(10-19)14-32-22-12-25(11-21(29)23(22)30,24(31)28-13-16-4-5-16)33-15-17-6-8-20(27)9-7-17/h1-3,6-10,16,21-23,29-30H,4-5,11-15H2,(H,28,31)/t21-,22?,23-,25+/m1/s1. The lowest BCUT2D eigenvalue weighted by Gasteiger charge is -2.44. The fourth-order valence-electron chi connectivity index (χ4n) is 4.11. The first-order valence-corrected chi connectivity index (χ1v) is 11.6. The van der Waals surface area contributed by atoms with Crippen LogP contribution in [0, 0.1) is 11.7 Å².